The van der Waals surface area contributed by atoms with Gasteiger partial charge in [0.15, 0.2) is 0 Å². The summed E-state index contributed by atoms with van der Waals surface area (Å²) in [6, 6.07) is 0. The number of hydrogen-bond donors (Lipinski definition) is 2. The maximum absolute atomic E-state index is 11.3. The zero-order valence-corrected chi connectivity index (χ0v) is 22.7. The summed E-state index contributed by atoms with van der Waals surface area (Å²) in [4.78, 5) is 0. The van der Waals surface area contributed by atoms with Gasteiger partial charge in [0.1, 0.15) is 0 Å². The van der Waals surface area contributed by atoms with E-state index in [0.29, 0.717) is 36.0 Å². The Bertz CT molecular complexity index is 872. The molecule has 4 rings (SSSR count). The quantitative estimate of drug-likeness (QED) is 0.231. The molecule has 0 aliphatic heterocycles. The van der Waals surface area contributed by atoms with Crippen LogP contribution >= 0.6 is 0 Å². The molecule has 0 radical (unpaired) electrons. The van der Waals surface area contributed by atoms with Gasteiger partial charge in [0.05, 0.1) is 11.8 Å². The van der Waals surface area contributed by atoms with Gasteiger partial charge in [0.2, 0.25) is 0 Å². The molecule has 4 aliphatic rings. The fourth-order valence-electron chi connectivity index (χ4n) is 9.43. The summed E-state index contributed by atoms with van der Waals surface area (Å²) < 4.78 is 36.8. The Balaban J connectivity index is 1.52. The van der Waals surface area contributed by atoms with Crippen LogP contribution in [0.5, 0.6) is 0 Å². The maximum atomic E-state index is 11.3. The molecule has 0 spiro atoms. The molecule has 0 amide bonds. The van der Waals surface area contributed by atoms with Crippen LogP contribution in [0.1, 0.15) is 105 Å². The van der Waals surface area contributed by atoms with Crippen molar-refractivity contribution in [2.45, 2.75) is 111 Å². The average molecular weight is 498 g/mol. The third kappa shape index (κ3) is 4.82. The second-order valence-corrected chi connectivity index (χ2v) is 14.2. The Kier molecular flexibility index (Phi) is 7.50. The fourth-order valence-corrected chi connectivity index (χ4v) is 9.94. The molecule has 0 heterocycles. The first-order valence-electron chi connectivity index (χ1n) is 13.8. The lowest BCUT2D eigenvalue weighted by molar-refractivity contribution is -0.0923. The van der Waals surface area contributed by atoms with E-state index in [1.54, 1.807) is 0 Å². The molecule has 0 saturated heterocycles. The van der Waals surface area contributed by atoms with Crippen molar-refractivity contribution in [1.82, 2.24) is 0 Å². The lowest BCUT2D eigenvalue weighted by atomic mass is 9.44. The summed E-state index contributed by atoms with van der Waals surface area (Å²) in [7, 11) is -4.48. The minimum atomic E-state index is -4.48. The summed E-state index contributed by atoms with van der Waals surface area (Å²) in [5.74, 6) is 4.11. The predicted octanol–water partition coefficient (Wildman–Crippen LogP) is 6.74. The van der Waals surface area contributed by atoms with Crippen LogP contribution in [0.4, 0.5) is 0 Å². The molecule has 4 saturated carbocycles. The summed E-state index contributed by atoms with van der Waals surface area (Å²) >= 11 is 0. The molecule has 6 unspecified atom stereocenters. The van der Waals surface area contributed by atoms with Crippen molar-refractivity contribution in [2.24, 2.45) is 57.4 Å². The van der Waals surface area contributed by atoms with Gasteiger partial charge < -0.3 is 5.21 Å². The normalized spacial score (nSPS) is 44.5. The zero-order chi connectivity index (χ0) is 24.9. The van der Waals surface area contributed by atoms with E-state index >= 15 is 0 Å². The van der Waals surface area contributed by atoms with Crippen molar-refractivity contribution in [1.29, 1.82) is 0 Å². The molecular weight excluding hydrogens is 450 g/mol. The number of rotatable bonds is 7. The van der Waals surface area contributed by atoms with E-state index in [1.165, 1.54) is 44.9 Å². The van der Waals surface area contributed by atoms with E-state index in [1.807, 2.05) is 0 Å². The number of hydrogen-bond acceptors (Lipinski definition) is 5. The summed E-state index contributed by atoms with van der Waals surface area (Å²) in [6.45, 7) is 12.0. The van der Waals surface area contributed by atoms with Crippen LogP contribution < -0.4 is 0 Å². The minimum absolute atomic E-state index is 0.00808. The Morgan fingerprint density at radius 1 is 1.03 bits per heavy atom. The van der Waals surface area contributed by atoms with Gasteiger partial charge in [-0.1, -0.05) is 59.0 Å². The Morgan fingerprint density at radius 2 is 1.71 bits per heavy atom. The van der Waals surface area contributed by atoms with Crippen LogP contribution in [0, 0.1) is 52.3 Å². The van der Waals surface area contributed by atoms with Crippen LogP contribution in [-0.2, 0) is 14.6 Å². The first-order valence-corrected chi connectivity index (χ1v) is 15.1. The van der Waals surface area contributed by atoms with E-state index < -0.39 is 16.5 Å². The van der Waals surface area contributed by atoms with Gasteiger partial charge in [-0.05, 0) is 97.7 Å². The second-order valence-electron chi connectivity index (χ2n) is 13.2. The van der Waals surface area contributed by atoms with Gasteiger partial charge in [0.25, 0.3) is 0 Å². The Hall–Kier alpha value is -0.660. The third-order valence-electron chi connectivity index (χ3n) is 11.0. The highest BCUT2D eigenvalue weighted by atomic mass is 32.3. The van der Waals surface area contributed by atoms with Crippen LogP contribution in [0.25, 0.3) is 0 Å². The predicted molar refractivity (Wildman–Crippen MR) is 134 cm³/mol. The molecule has 9 atom stereocenters. The number of nitrogens with zero attached hydrogens (tertiary/aromatic N) is 1. The molecule has 7 heteroatoms. The Labute approximate surface area is 207 Å². The fraction of sp³-hybridized carbons (Fsp3) is 0.963. The molecule has 0 aromatic heterocycles. The average Bonchev–Trinajstić information content (AvgIpc) is 3.09. The lowest BCUT2D eigenvalue weighted by Gasteiger charge is -2.61. The zero-order valence-electron chi connectivity index (χ0n) is 21.9. The van der Waals surface area contributed by atoms with Crippen LogP contribution in [0.2, 0.25) is 0 Å². The number of fused-ring (bicyclic) bond motifs is 5. The van der Waals surface area contributed by atoms with E-state index in [9.17, 15) is 18.2 Å². The third-order valence-corrected chi connectivity index (χ3v) is 11.5. The van der Waals surface area contributed by atoms with Gasteiger partial charge >= 0.3 is 10.4 Å². The monoisotopic (exact) mass is 497 g/mol. The molecule has 0 bridgehead atoms. The van der Waals surface area contributed by atoms with Gasteiger partial charge in [-0.15, -0.1) is 0 Å². The van der Waals surface area contributed by atoms with Crippen LogP contribution in [0.15, 0.2) is 5.16 Å². The van der Waals surface area contributed by atoms with Crippen LogP contribution in [0.3, 0.4) is 0 Å². The SMILES string of the molecule is CC(C)CCCC(C)C1CCC2C3C/C(=N\O)C4C[C@@H](OS(=O)(=O)O)CC[C@]4(C)C3CC[C@]12C. The first-order chi connectivity index (χ1) is 15.9. The molecule has 6 nitrogen and oxygen atoms in total. The highest BCUT2D eigenvalue weighted by molar-refractivity contribution is 7.80. The molecule has 2 N–H and O–H groups in total. The lowest BCUT2D eigenvalue weighted by Crippen LogP contribution is -2.57. The molecular formula is C27H47NO5S. The Morgan fingerprint density at radius 3 is 2.35 bits per heavy atom. The molecule has 4 fully saturated rings. The van der Waals surface area contributed by atoms with Crippen molar-refractivity contribution in [3.05, 3.63) is 0 Å². The van der Waals surface area contributed by atoms with Crippen molar-refractivity contribution >= 4 is 16.1 Å². The van der Waals surface area contributed by atoms with Crippen LogP contribution in [-0.4, -0.2) is 30.0 Å². The molecule has 196 valence electrons. The van der Waals surface area contributed by atoms with E-state index in [-0.39, 0.29) is 11.3 Å². The van der Waals surface area contributed by atoms with E-state index in [0.717, 1.165) is 36.3 Å². The summed E-state index contributed by atoms with van der Waals surface area (Å²) in [5.41, 5.74) is 1.18. The number of oxime groups is 1. The summed E-state index contributed by atoms with van der Waals surface area (Å²) in [6.07, 6.45) is 11.3. The standard InChI is InChI=1S/C27H47NO5S/c1-17(2)7-6-8-18(3)21-9-10-22-20-16-25(28-29)24-15-19(33-34(30,31)32)11-13-27(24,5)23(20)12-14-26(21,22)4/h17-24,29H,6-16H2,1-5H3,(H,30,31,32)/b28-25+/t18?,19-,20?,21?,22?,23?,24?,26+,27+/m0/s1. The first kappa shape index (κ1) is 26.4. The highest BCUT2D eigenvalue weighted by Gasteiger charge is 2.62. The minimum Gasteiger partial charge on any atom is -0.411 e. The largest absolute Gasteiger partial charge is 0.411 e. The van der Waals surface area contributed by atoms with Crippen molar-refractivity contribution in [3.8, 4) is 0 Å². The van der Waals surface area contributed by atoms with Crippen molar-refractivity contribution in [2.75, 3.05) is 0 Å². The van der Waals surface area contributed by atoms with Crippen molar-refractivity contribution < 1.29 is 22.4 Å². The van der Waals surface area contributed by atoms with Gasteiger partial charge in [-0.3, -0.25) is 4.55 Å². The topological polar surface area (TPSA) is 96.2 Å². The smallest absolute Gasteiger partial charge is 0.397 e. The molecule has 0 aromatic carbocycles. The van der Waals surface area contributed by atoms with Gasteiger partial charge in [-0.2, -0.15) is 8.42 Å². The molecule has 34 heavy (non-hydrogen) atoms. The second kappa shape index (κ2) is 9.66. The van der Waals surface area contributed by atoms with E-state index in [4.69, 9.17) is 4.18 Å². The molecule has 0 aromatic rings. The van der Waals surface area contributed by atoms with Crippen molar-refractivity contribution in [3.63, 3.8) is 0 Å². The van der Waals surface area contributed by atoms with Gasteiger partial charge in [0, 0.05) is 5.92 Å². The highest BCUT2D eigenvalue weighted by Crippen LogP contribution is 2.68. The summed E-state index contributed by atoms with van der Waals surface area (Å²) in [5, 5.41) is 13.8. The molecule has 4 aliphatic carbocycles. The van der Waals surface area contributed by atoms with Gasteiger partial charge in [-0.25, -0.2) is 4.18 Å². The van der Waals surface area contributed by atoms with E-state index in [2.05, 4.69) is 39.8 Å². The maximum Gasteiger partial charge on any atom is 0.397 e.